The molecule has 0 spiro atoms. The number of aryl methyl sites for hydroxylation is 1. The van der Waals surface area contributed by atoms with Gasteiger partial charge < -0.3 is 0 Å². The maximum atomic E-state index is 12.5. The maximum absolute atomic E-state index is 12.5. The van der Waals surface area contributed by atoms with E-state index in [2.05, 4.69) is 11.1 Å². The van der Waals surface area contributed by atoms with Crippen LogP contribution in [0.2, 0.25) is 0 Å². The van der Waals surface area contributed by atoms with Gasteiger partial charge in [-0.3, -0.25) is 9.37 Å². The summed E-state index contributed by atoms with van der Waals surface area (Å²) in [5.41, 5.74) is 3.76. The Morgan fingerprint density at radius 1 is 1.00 bits per heavy atom. The van der Waals surface area contributed by atoms with Gasteiger partial charge in [0.1, 0.15) is 0 Å². The van der Waals surface area contributed by atoms with Crippen molar-refractivity contribution in [2.24, 2.45) is 0 Å². The number of nitrogens with zero attached hydrogens (tertiary/aromatic N) is 1. The monoisotopic (exact) mass is 443 g/mol. The van der Waals surface area contributed by atoms with E-state index in [0.29, 0.717) is 6.42 Å². The molecule has 103 valence electrons. The molecule has 0 saturated heterocycles. The number of para-hydroxylation sites is 1. The molecule has 1 aromatic heterocycles. The normalized spacial score (nSPS) is 10.2. The molecule has 0 aliphatic heterocycles. The zero-order chi connectivity index (χ0) is 13.1. The fraction of sp³-hybridized carbons (Fsp3) is 0.118. The van der Waals surface area contributed by atoms with Gasteiger partial charge in [-0.2, -0.15) is 0 Å². The molecule has 3 heteroatoms. The van der Waals surface area contributed by atoms with Crippen molar-refractivity contribution in [2.45, 2.75) is 6.42 Å². The number of hydrogen-bond donors (Lipinski definition) is 0. The van der Waals surface area contributed by atoms with Gasteiger partial charge in [0.15, 0.2) is 0 Å². The molecule has 0 amide bonds. The van der Waals surface area contributed by atoms with Crippen molar-refractivity contribution in [1.29, 1.82) is 0 Å². The molecule has 0 unspecified atom stereocenters. The zero-order valence-corrected chi connectivity index (χ0v) is 13.2. The van der Waals surface area contributed by atoms with E-state index in [-0.39, 0.29) is 26.8 Å². The number of pyridine rings is 1. The quantitative estimate of drug-likeness (QED) is 0.554. The minimum Gasteiger partial charge on any atom is -0.262 e. The molecule has 0 aliphatic carbocycles. The molecular weight excluding hydrogens is 429 g/mol. The van der Waals surface area contributed by atoms with Crippen molar-refractivity contribution in [2.75, 3.05) is 6.67 Å². The van der Waals surface area contributed by atoms with Crippen molar-refractivity contribution in [3.05, 3.63) is 66.4 Å². The predicted molar refractivity (Wildman–Crippen MR) is 75.7 cm³/mol. The Kier molecular flexibility index (Phi) is 4.99. The van der Waals surface area contributed by atoms with E-state index in [1.807, 2.05) is 54.6 Å². The van der Waals surface area contributed by atoms with Crippen LogP contribution in [0.15, 0.2) is 54.6 Å². The van der Waals surface area contributed by atoms with Crippen LogP contribution < -0.4 is 0 Å². The van der Waals surface area contributed by atoms with Crippen molar-refractivity contribution in [3.63, 3.8) is 0 Å². The van der Waals surface area contributed by atoms with E-state index in [4.69, 9.17) is 0 Å². The second-order valence-electron chi connectivity index (χ2n) is 4.40. The Hall–Kier alpha value is -1.57. The Morgan fingerprint density at radius 2 is 1.90 bits per heavy atom. The van der Waals surface area contributed by atoms with Gasteiger partial charge in [-0.25, -0.2) is 0 Å². The summed E-state index contributed by atoms with van der Waals surface area (Å²) < 4.78 is 12.5. The average molecular weight is 443 g/mol. The zero-order valence-electron chi connectivity index (χ0n) is 10.8. The summed E-state index contributed by atoms with van der Waals surface area (Å²) in [6, 6.07) is 21.0. The first-order chi connectivity index (χ1) is 9.38. The first-order valence-electron chi connectivity index (χ1n) is 6.30. The minimum atomic E-state index is -0.377. The molecule has 0 atom stereocenters. The van der Waals surface area contributed by atoms with Gasteiger partial charge in [0, 0.05) is 37.7 Å². The summed E-state index contributed by atoms with van der Waals surface area (Å²) >= 11 is 0. The summed E-state index contributed by atoms with van der Waals surface area (Å²) in [6.45, 7) is -0.377. The molecule has 0 bridgehead atoms. The molecule has 1 nitrogen and oxygen atoms in total. The SMILES string of the molecule is FCCc1ccc2cccc(-c3[c-]cccc3)c2n1.[Ir]. The van der Waals surface area contributed by atoms with Crippen molar-refractivity contribution in [1.82, 2.24) is 4.98 Å². The van der Waals surface area contributed by atoms with Crippen LogP contribution in [-0.2, 0) is 26.5 Å². The average Bonchev–Trinajstić information content (AvgIpc) is 2.48. The van der Waals surface area contributed by atoms with Crippen LogP contribution in [0.3, 0.4) is 0 Å². The Balaban J connectivity index is 0.00000147. The van der Waals surface area contributed by atoms with Gasteiger partial charge in [0.05, 0.1) is 6.67 Å². The Labute approximate surface area is 131 Å². The fourth-order valence-electron chi connectivity index (χ4n) is 2.20. The third-order valence-corrected chi connectivity index (χ3v) is 3.13. The van der Waals surface area contributed by atoms with E-state index < -0.39 is 0 Å². The van der Waals surface area contributed by atoms with Crippen LogP contribution in [0.4, 0.5) is 4.39 Å². The topological polar surface area (TPSA) is 12.9 Å². The molecule has 2 aromatic carbocycles. The van der Waals surface area contributed by atoms with Crippen LogP contribution in [0.5, 0.6) is 0 Å². The molecule has 3 rings (SSSR count). The van der Waals surface area contributed by atoms with Gasteiger partial charge in [0.25, 0.3) is 0 Å². The first-order valence-corrected chi connectivity index (χ1v) is 6.30. The molecule has 20 heavy (non-hydrogen) atoms. The summed E-state index contributed by atoms with van der Waals surface area (Å²) in [5.74, 6) is 0. The number of halogens is 1. The first kappa shape index (κ1) is 14.8. The summed E-state index contributed by atoms with van der Waals surface area (Å²) in [5, 5.41) is 1.07. The van der Waals surface area contributed by atoms with Crippen molar-refractivity contribution < 1.29 is 24.5 Å². The Morgan fingerprint density at radius 3 is 2.65 bits per heavy atom. The number of rotatable bonds is 3. The number of benzene rings is 2. The fourth-order valence-corrected chi connectivity index (χ4v) is 2.20. The van der Waals surface area contributed by atoms with Crippen LogP contribution in [0.1, 0.15) is 5.69 Å². The van der Waals surface area contributed by atoms with Crippen LogP contribution in [0.25, 0.3) is 22.0 Å². The number of fused-ring (bicyclic) bond motifs is 1. The minimum absolute atomic E-state index is 0. The van der Waals surface area contributed by atoms with E-state index in [1.54, 1.807) is 0 Å². The largest absolute Gasteiger partial charge is 0.262 e. The van der Waals surface area contributed by atoms with Gasteiger partial charge in [-0.1, -0.05) is 29.8 Å². The van der Waals surface area contributed by atoms with E-state index in [1.165, 1.54) is 0 Å². The van der Waals surface area contributed by atoms with Crippen LogP contribution in [-0.4, -0.2) is 11.7 Å². The second kappa shape index (κ2) is 6.74. The predicted octanol–water partition coefficient (Wildman–Crippen LogP) is 4.21. The van der Waals surface area contributed by atoms with Gasteiger partial charge in [-0.05, 0) is 11.5 Å². The van der Waals surface area contributed by atoms with Crippen LogP contribution >= 0.6 is 0 Å². The molecule has 1 radical (unpaired) electrons. The summed E-state index contributed by atoms with van der Waals surface area (Å²) in [7, 11) is 0. The van der Waals surface area contributed by atoms with E-state index >= 15 is 0 Å². The van der Waals surface area contributed by atoms with Crippen molar-refractivity contribution >= 4 is 10.9 Å². The molecule has 0 saturated carbocycles. The van der Waals surface area contributed by atoms with Gasteiger partial charge >= 0.3 is 0 Å². The van der Waals surface area contributed by atoms with E-state index in [9.17, 15) is 4.39 Å². The van der Waals surface area contributed by atoms with Gasteiger partial charge in [0.2, 0.25) is 0 Å². The molecule has 0 fully saturated rings. The molecule has 0 aliphatic rings. The number of alkyl halides is 1. The molecule has 0 N–H and O–H groups in total. The third-order valence-electron chi connectivity index (χ3n) is 3.13. The smallest absolute Gasteiger partial charge is 0.0949 e. The standard InChI is InChI=1S/C17H13FN.Ir/c18-12-11-15-10-9-14-7-4-8-16(17(14)19-15)13-5-2-1-3-6-13;/h1-5,7-10H,11-12H2;/q-1;. The summed E-state index contributed by atoms with van der Waals surface area (Å²) in [6.07, 6.45) is 0.364. The van der Waals surface area contributed by atoms with E-state index in [0.717, 1.165) is 27.7 Å². The maximum Gasteiger partial charge on any atom is 0.0949 e. The van der Waals surface area contributed by atoms with Gasteiger partial charge in [-0.15, -0.1) is 35.9 Å². The van der Waals surface area contributed by atoms with Crippen molar-refractivity contribution in [3.8, 4) is 11.1 Å². The molecule has 1 heterocycles. The number of hydrogen-bond acceptors (Lipinski definition) is 1. The second-order valence-corrected chi connectivity index (χ2v) is 4.40. The van der Waals surface area contributed by atoms with Crippen LogP contribution in [0, 0.1) is 6.07 Å². The third kappa shape index (κ3) is 2.95. The number of aromatic nitrogens is 1. The summed E-state index contributed by atoms with van der Waals surface area (Å²) in [4.78, 5) is 4.58. The molecule has 3 aromatic rings. The Bertz CT molecular complexity index is 698. The molecular formula is C17H13FIrN-.